The summed E-state index contributed by atoms with van der Waals surface area (Å²) < 4.78 is 3.82. The van der Waals surface area contributed by atoms with Gasteiger partial charge in [0, 0.05) is 5.56 Å². The molecule has 0 unspecified atom stereocenters. The molecular weight excluding hydrogens is 238 g/mol. The van der Waals surface area contributed by atoms with Gasteiger partial charge in [-0.05, 0) is 24.9 Å². The van der Waals surface area contributed by atoms with E-state index in [2.05, 4.69) is 25.1 Å². The van der Waals surface area contributed by atoms with Crippen LogP contribution >= 0.6 is 11.5 Å². The molecule has 0 saturated carbocycles. The van der Waals surface area contributed by atoms with Crippen molar-refractivity contribution in [1.82, 2.24) is 19.8 Å². The average Bonchev–Trinajstić information content (AvgIpc) is 2.89. The van der Waals surface area contributed by atoms with Gasteiger partial charge in [0.1, 0.15) is 10.7 Å². The molecular formula is C10H13N5OS. The zero-order valence-electron chi connectivity index (χ0n) is 9.65. The van der Waals surface area contributed by atoms with E-state index in [1.807, 2.05) is 13.8 Å². The van der Waals surface area contributed by atoms with Crippen LogP contribution in [0.3, 0.4) is 0 Å². The number of carbonyl (C=O) groups excluding carboxylic acids is 1. The quantitative estimate of drug-likeness (QED) is 0.867. The molecule has 90 valence electrons. The number of nitrogens with one attached hydrogen (secondary N) is 2. The third-order valence-electron chi connectivity index (χ3n) is 2.32. The van der Waals surface area contributed by atoms with Crippen LogP contribution in [0.25, 0.3) is 0 Å². The second-order valence-electron chi connectivity index (χ2n) is 3.68. The van der Waals surface area contributed by atoms with Crippen LogP contribution in [0.1, 0.15) is 34.3 Å². The Balaban J connectivity index is 2.15. The Bertz CT molecular complexity index is 518. The van der Waals surface area contributed by atoms with Crippen LogP contribution in [0.4, 0.5) is 5.82 Å². The van der Waals surface area contributed by atoms with Gasteiger partial charge in [-0.3, -0.25) is 9.89 Å². The van der Waals surface area contributed by atoms with Crippen molar-refractivity contribution < 1.29 is 4.79 Å². The normalized spacial score (nSPS) is 10.5. The number of aryl methyl sites for hydroxylation is 2. The number of amides is 1. The summed E-state index contributed by atoms with van der Waals surface area (Å²) in [5.41, 5.74) is 1.65. The first-order chi connectivity index (χ1) is 8.22. The lowest BCUT2D eigenvalue weighted by Crippen LogP contribution is -2.13. The SMILES string of the molecule is CCCc1nnsc1C(=O)Nc1[nH]ncc1C. The van der Waals surface area contributed by atoms with Gasteiger partial charge in [-0.2, -0.15) is 5.10 Å². The van der Waals surface area contributed by atoms with E-state index in [1.165, 1.54) is 0 Å². The van der Waals surface area contributed by atoms with Crippen LogP contribution in [0.15, 0.2) is 6.20 Å². The lowest BCUT2D eigenvalue weighted by atomic mass is 10.2. The molecule has 6 nitrogen and oxygen atoms in total. The van der Waals surface area contributed by atoms with Crippen molar-refractivity contribution in [3.63, 3.8) is 0 Å². The fraction of sp³-hybridized carbons (Fsp3) is 0.400. The third kappa shape index (κ3) is 2.50. The lowest BCUT2D eigenvalue weighted by Gasteiger charge is -2.02. The van der Waals surface area contributed by atoms with Crippen LogP contribution in [0, 0.1) is 6.92 Å². The highest BCUT2D eigenvalue weighted by atomic mass is 32.1. The van der Waals surface area contributed by atoms with Crippen molar-refractivity contribution in [3.8, 4) is 0 Å². The molecule has 0 spiro atoms. The summed E-state index contributed by atoms with van der Waals surface area (Å²) in [6.07, 6.45) is 3.36. The standard InChI is InChI=1S/C10H13N5OS/c1-3-4-7-8(17-15-13-7)10(16)12-9-6(2)5-11-14-9/h5H,3-4H2,1-2H3,(H2,11,12,14,16). The molecule has 0 aromatic carbocycles. The molecule has 2 aromatic heterocycles. The molecule has 0 fully saturated rings. The highest BCUT2D eigenvalue weighted by Gasteiger charge is 2.16. The first-order valence-electron chi connectivity index (χ1n) is 5.35. The van der Waals surface area contributed by atoms with E-state index in [0.717, 1.165) is 35.6 Å². The fourth-order valence-corrected chi connectivity index (χ4v) is 2.03. The Morgan fingerprint density at radius 3 is 3.06 bits per heavy atom. The first kappa shape index (κ1) is 11.7. The molecule has 0 aliphatic heterocycles. The topological polar surface area (TPSA) is 83.6 Å². The number of hydrogen-bond donors (Lipinski definition) is 2. The first-order valence-corrected chi connectivity index (χ1v) is 6.12. The van der Waals surface area contributed by atoms with Crippen LogP contribution in [0.2, 0.25) is 0 Å². The van der Waals surface area contributed by atoms with Gasteiger partial charge in [-0.1, -0.05) is 17.8 Å². The zero-order chi connectivity index (χ0) is 12.3. The Hall–Kier alpha value is -1.76. The molecule has 2 N–H and O–H groups in total. The number of rotatable bonds is 4. The third-order valence-corrected chi connectivity index (χ3v) is 3.08. The van der Waals surface area contributed by atoms with Crippen LogP contribution in [-0.2, 0) is 6.42 Å². The predicted molar refractivity (Wildman–Crippen MR) is 65.2 cm³/mol. The Labute approximate surface area is 103 Å². The Morgan fingerprint density at radius 2 is 2.41 bits per heavy atom. The summed E-state index contributed by atoms with van der Waals surface area (Å²) in [7, 11) is 0. The molecule has 2 rings (SSSR count). The smallest absolute Gasteiger partial charge is 0.270 e. The Morgan fingerprint density at radius 1 is 1.59 bits per heavy atom. The number of anilines is 1. The van der Waals surface area contributed by atoms with Gasteiger partial charge >= 0.3 is 0 Å². The second kappa shape index (κ2) is 5.05. The molecule has 7 heteroatoms. The van der Waals surface area contributed by atoms with Crippen LogP contribution in [-0.4, -0.2) is 25.7 Å². The van der Waals surface area contributed by atoms with Gasteiger partial charge in [-0.15, -0.1) is 5.10 Å². The summed E-state index contributed by atoms with van der Waals surface area (Å²) in [6.45, 7) is 3.91. The van der Waals surface area contributed by atoms with Crippen molar-refractivity contribution in [3.05, 3.63) is 22.3 Å². The molecule has 0 radical (unpaired) electrons. The summed E-state index contributed by atoms with van der Waals surface area (Å²) in [5.74, 6) is 0.432. The molecule has 2 heterocycles. The lowest BCUT2D eigenvalue weighted by molar-refractivity contribution is 0.102. The van der Waals surface area contributed by atoms with E-state index in [-0.39, 0.29) is 5.91 Å². The minimum atomic E-state index is -0.184. The van der Waals surface area contributed by atoms with Gasteiger partial charge in [-0.25, -0.2) is 0 Å². The van der Waals surface area contributed by atoms with Crippen molar-refractivity contribution >= 4 is 23.3 Å². The maximum Gasteiger partial charge on any atom is 0.270 e. The van der Waals surface area contributed by atoms with Crippen molar-refractivity contribution in [2.45, 2.75) is 26.7 Å². The molecule has 0 aliphatic carbocycles. The van der Waals surface area contributed by atoms with E-state index < -0.39 is 0 Å². The minimum Gasteiger partial charge on any atom is -0.306 e. The predicted octanol–water partition coefficient (Wildman–Crippen LogP) is 1.77. The molecule has 0 atom stereocenters. The molecule has 17 heavy (non-hydrogen) atoms. The highest BCUT2D eigenvalue weighted by molar-refractivity contribution is 7.08. The van der Waals surface area contributed by atoms with E-state index in [9.17, 15) is 4.79 Å². The maximum absolute atomic E-state index is 12.0. The number of aromatic amines is 1. The fourth-order valence-electron chi connectivity index (χ4n) is 1.42. The molecule has 0 aliphatic rings. The van der Waals surface area contributed by atoms with E-state index >= 15 is 0 Å². The molecule has 0 bridgehead atoms. The number of H-pyrrole nitrogens is 1. The van der Waals surface area contributed by atoms with E-state index in [1.54, 1.807) is 6.20 Å². The number of hydrogen-bond acceptors (Lipinski definition) is 5. The summed E-state index contributed by atoms with van der Waals surface area (Å²) in [6, 6.07) is 0. The minimum absolute atomic E-state index is 0.184. The molecule has 1 amide bonds. The number of nitrogens with zero attached hydrogens (tertiary/aromatic N) is 3. The summed E-state index contributed by atoms with van der Waals surface area (Å²) in [4.78, 5) is 12.6. The van der Waals surface area contributed by atoms with Crippen molar-refractivity contribution in [2.24, 2.45) is 0 Å². The zero-order valence-corrected chi connectivity index (χ0v) is 10.5. The van der Waals surface area contributed by atoms with E-state index in [0.29, 0.717) is 10.7 Å². The van der Waals surface area contributed by atoms with Crippen LogP contribution < -0.4 is 5.32 Å². The highest BCUT2D eigenvalue weighted by Crippen LogP contribution is 2.16. The average molecular weight is 251 g/mol. The van der Waals surface area contributed by atoms with Crippen molar-refractivity contribution in [2.75, 3.05) is 5.32 Å². The summed E-state index contributed by atoms with van der Waals surface area (Å²) in [5, 5.41) is 13.3. The van der Waals surface area contributed by atoms with Crippen molar-refractivity contribution in [1.29, 1.82) is 0 Å². The van der Waals surface area contributed by atoms with Gasteiger partial charge in [0.25, 0.3) is 5.91 Å². The molecule has 0 saturated heterocycles. The molecule has 2 aromatic rings. The van der Waals surface area contributed by atoms with Crippen LogP contribution in [0.5, 0.6) is 0 Å². The maximum atomic E-state index is 12.0. The van der Waals surface area contributed by atoms with Gasteiger partial charge in [0.2, 0.25) is 0 Å². The van der Waals surface area contributed by atoms with Gasteiger partial charge in [0.05, 0.1) is 11.9 Å². The number of carbonyl (C=O) groups is 1. The second-order valence-corrected chi connectivity index (χ2v) is 4.44. The monoisotopic (exact) mass is 251 g/mol. The van der Waals surface area contributed by atoms with Gasteiger partial charge < -0.3 is 5.32 Å². The van der Waals surface area contributed by atoms with E-state index in [4.69, 9.17) is 0 Å². The van der Waals surface area contributed by atoms with Gasteiger partial charge in [0.15, 0.2) is 0 Å². The largest absolute Gasteiger partial charge is 0.306 e. The Kier molecular flexibility index (Phi) is 3.48. The summed E-state index contributed by atoms with van der Waals surface area (Å²) >= 11 is 1.12. The number of aromatic nitrogens is 4.